The van der Waals surface area contributed by atoms with Crippen LogP contribution in [0.3, 0.4) is 0 Å². The zero-order valence-corrected chi connectivity index (χ0v) is 54.1. The Labute approximate surface area is 515 Å². The number of ether oxygens (including phenoxy) is 3. The highest BCUT2D eigenvalue weighted by Gasteiger charge is 2.44. The van der Waals surface area contributed by atoms with Gasteiger partial charge in [0.2, 0.25) is 5.91 Å². The Balaban J connectivity index is 2.00. The minimum absolute atomic E-state index is 0.0122. The number of carbonyl (C=O) groups is 2. The van der Waals surface area contributed by atoms with Crippen molar-refractivity contribution < 1.29 is 49.3 Å². The summed E-state index contributed by atoms with van der Waals surface area (Å²) in [5.74, 6) is -0.205. The molecule has 7 atom stereocenters. The number of nitrogens with one attached hydrogen (secondary N) is 1. The number of carbonyl (C=O) groups excluding carboxylic acids is 2. The minimum atomic E-state index is -1.58. The number of esters is 1. The molecule has 0 radical (unpaired) electrons. The SMILES string of the molecule is CCCC/C=C\C/C=C\CCCCCCCC(=O)OCCCCCCCCCCC/C=C\C/C=C\CCCCCCCCCCCCCCCC(=O)NC(COC1OC(CO)C(O)C(O)C1O)C(O)/C=C/CC/C=C/CCCCCCCCC. The lowest BCUT2D eigenvalue weighted by molar-refractivity contribution is -0.302. The van der Waals surface area contributed by atoms with E-state index in [2.05, 4.69) is 79.9 Å². The van der Waals surface area contributed by atoms with Gasteiger partial charge in [-0.05, 0) is 103 Å². The van der Waals surface area contributed by atoms with Crippen LogP contribution in [0.5, 0.6) is 0 Å². The monoisotopic (exact) mass is 1180 g/mol. The van der Waals surface area contributed by atoms with E-state index in [1.54, 1.807) is 6.08 Å². The summed E-state index contributed by atoms with van der Waals surface area (Å²) < 4.78 is 16.7. The van der Waals surface area contributed by atoms with Crippen molar-refractivity contribution >= 4 is 11.9 Å². The predicted octanol–water partition coefficient (Wildman–Crippen LogP) is 17.9. The number of allylic oxidation sites excluding steroid dienone is 11. The second-order valence-electron chi connectivity index (χ2n) is 24.2. The van der Waals surface area contributed by atoms with Crippen molar-refractivity contribution in [2.75, 3.05) is 19.8 Å². The molecule has 0 bridgehead atoms. The van der Waals surface area contributed by atoms with Crippen molar-refractivity contribution in [1.29, 1.82) is 0 Å². The Morgan fingerprint density at radius 3 is 1.29 bits per heavy atom. The Hall–Kier alpha value is -2.90. The Morgan fingerprint density at radius 1 is 0.440 bits per heavy atom. The number of unbranched alkanes of at least 4 members (excludes halogenated alkanes) is 37. The Bertz CT molecular complexity index is 1630. The molecule has 1 fully saturated rings. The number of aliphatic hydroxyl groups is 5. The van der Waals surface area contributed by atoms with Crippen LogP contribution in [0.4, 0.5) is 0 Å². The molecule has 0 aromatic heterocycles. The van der Waals surface area contributed by atoms with Crippen molar-refractivity contribution in [3.63, 3.8) is 0 Å². The third-order valence-electron chi connectivity index (χ3n) is 16.3. The molecule has 1 saturated heterocycles. The Kier molecular flexibility index (Phi) is 58.1. The van der Waals surface area contributed by atoms with Gasteiger partial charge in [0.15, 0.2) is 6.29 Å². The summed E-state index contributed by atoms with van der Waals surface area (Å²) in [5, 5.41) is 54.5. The van der Waals surface area contributed by atoms with E-state index >= 15 is 0 Å². The lowest BCUT2D eigenvalue weighted by atomic mass is 9.99. The van der Waals surface area contributed by atoms with Gasteiger partial charge < -0.3 is 45.1 Å². The molecule has 1 rings (SSSR count). The molecule has 11 nitrogen and oxygen atoms in total. The molecule has 0 spiro atoms. The molecule has 1 aliphatic rings. The van der Waals surface area contributed by atoms with Gasteiger partial charge in [0.1, 0.15) is 24.4 Å². The first-order valence-corrected chi connectivity index (χ1v) is 35.2. The largest absolute Gasteiger partial charge is 0.466 e. The van der Waals surface area contributed by atoms with Crippen LogP contribution < -0.4 is 5.32 Å². The van der Waals surface area contributed by atoms with Crippen molar-refractivity contribution in [3.05, 3.63) is 72.9 Å². The van der Waals surface area contributed by atoms with Crippen molar-refractivity contribution in [2.45, 2.75) is 358 Å². The van der Waals surface area contributed by atoms with Gasteiger partial charge >= 0.3 is 5.97 Å². The highest BCUT2D eigenvalue weighted by atomic mass is 16.7. The van der Waals surface area contributed by atoms with Gasteiger partial charge in [-0.15, -0.1) is 0 Å². The van der Waals surface area contributed by atoms with E-state index in [0.29, 0.717) is 19.4 Å². The van der Waals surface area contributed by atoms with Crippen LogP contribution in [0.15, 0.2) is 72.9 Å². The van der Waals surface area contributed by atoms with Crippen molar-refractivity contribution in [2.24, 2.45) is 0 Å². The van der Waals surface area contributed by atoms with Gasteiger partial charge in [-0.1, -0.05) is 273 Å². The molecule has 1 amide bonds. The summed E-state index contributed by atoms with van der Waals surface area (Å²) >= 11 is 0. The molecule has 6 N–H and O–H groups in total. The van der Waals surface area contributed by atoms with Crippen molar-refractivity contribution in [1.82, 2.24) is 5.32 Å². The predicted molar refractivity (Wildman–Crippen MR) is 352 cm³/mol. The van der Waals surface area contributed by atoms with Crippen LogP contribution in [-0.4, -0.2) is 100 Å². The zero-order chi connectivity index (χ0) is 60.9. The lowest BCUT2D eigenvalue weighted by Crippen LogP contribution is -2.60. The molecule has 488 valence electrons. The number of hydrogen-bond acceptors (Lipinski definition) is 10. The summed E-state index contributed by atoms with van der Waals surface area (Å²) in [4.78, 5) is 25.1. The standard InChI is InChI=1S/C73H131NO10/c1-3-5-7-9-11-13-15-17-37-41-45-49-53-57-61-69(78)82-62-58-54-50-46-42-38-34-32-30-28-26-24-22-20-18-19-21-23-25-27-29-31-33-36-40-44-48-52-56-60-68(77)74-65(64-83-73-72(81)71(80)70(79)67(63-75)84-73)66(76)59-55-51-47-43-39-35-16-14-12-10-8-6-4-2/h9,11,15,17-18,20,24,26,39,43,55,59,65-67,70-73,75-76,79-81H,3-8,10,12-14,16,19,21-23,25,27-38,40-42,44-54,56-58,60-64H2,1-2H3,(H,74,77)/b11-9-,17-15-,20-18-,26-24-,43-39+,59-55+. The average molecular weight is 1180 g/mol. The fourth-order valence-corrected chi connectivity index (χ4v) is 10.7. The quantitative estimate of drug-likeness (QED) is 0.0195. The molecule has 7 unspecified atom stereocenters. The molecule has 0 aliphatic carbocycles. The Morgan fingerprint density at radius 2 is 0.821 bits per heavy atom. The summed E-state index contributed by atoms with van der Waals surface area (Å²) in [7, 11) is 0. The van der Waals surface area contributed by atoms with E-state index in [-0.39, 0.29) is 18.5 Å². The molecule has 11 heteroatoms. The number of aliphatic hydroxyl groups excluding tert-OH is 5. The van der Waals surface area contributed by atoms with Gasteiger partial charge in [-0.3, -0.25) is 9.59 Å². The lowest BCUT2D eigenvalue weighted by Gasteiger charge is -2.40. The fraction of sp³-hybridized carbons (Fsp3) is 0.808. The van der Waals surface area contributed by atoms with E-state index in [0.717, 1.165) is 77.0 Å². The molecule has 0 aromatic rings. The van der Waals surface area contributed by atoms with Crippen molar-refractivity contribution in [3.8, 4) is 0 Å². The van der Waals surface area contributed by atoms with Crippen LogP contribution in [0, 0.1) is 0 Å². The van der Waals surface area contributed by atoms with E-state index in [1.807, 2.05) is 6.08 Å². The maximum atomic E-state index is 13.1. The average Bonchev–Trinajstić information content (AvgIpc) is 3.60. The second-order valence-corrected chi connectivity index (χ2v) is 24.2. The number of hydrogen-bond donors (Lipinski definition) is 6. The molecule has 84 heavy (non-hydrogen) atoms. The molecular formula is C73H131NO10. The van der Waals surface area contributed by atoms with E-state index in [9.17, 15) is 35.1 Å². The smallest absolute Gasteiger partial charge is 0.305 e. The van der Waals surface area contributed by atoms with Crippen LogP contribution in [0.2, 0.25) is 0 Å². The van der Waals surface area contributed by atoms with Gasteiger partial charge in [-0.2, -0.15) is 0 Å². The van der Waals surface area contributed by atoms with Gasteiger partial charge in [0.05, 0.1) is 32.0 Å². The normalized spacial score (nSPS) is 18.5. The first-order valence-electron chi connectivity index (χ1n) is 35.2. The number of amides is 1. The fourth-order valence-electron chi connectivity index (χ4n) is 10.7. The van der Waals surface area contributed by atoms with Gasteiger partial charge in [0, 0.05) is 12.8 Å². The number of rotatable bonds is 61. The highest BCUT2D eigenvalue weighted by Crippen LogP contribution is 2.23. The molecule has 1 heterocycles. The van der Waals surface area contributed by atoms with Gasteiger partial charge in [-0.25, -0.2) is 0 Å². The van der Waals surface area contributed by atoms with Crippen LogP contribution >= 0.6 is 0 Å². The molecule has 0 saturated carbocycles. The van der Waals surface area contributed by atoms with E-state index in [4.69, 9.17) is 14.2 Å². The van der Waals surface area contributed by atoms with Crippen LogP contribution in [0.1, 0.15) is 316 Å². The van der Waals surface area contributed by atoms with E-state index < -0.39 is 49.5 Å². The first-order chi connectivity index (χ1) is 41.2. The summed E-state index contributed by atoms with van der Waals surface area (Å²) in [6.45, 7) is 4.28. The van der Waals surface area contributed by atoms with Crippen LogP contribution in [0.25, 0.3) is 0 Å². The third kappa shape index (κ3) is 50.1. The first kappa shape index (κ1) is 79.1. The maximum absolute atomic E-state index is 13.1. The molecular weight excluding hydrogens is 1050 g/mol. The maximum Gasteiger partial charge on any atom is 0.305 e. The van der Waals surface area contributed by atoms with E-state index in [1.165, 1.54) is 212 Å². The highest BCUT2D eigenvalue weighted by molar-refractivity contribution is 5.76. The van der Waals surface area contributed by atoms with Crippen LogP contribution in [-0.2, 0) is 23.8 Å². The summed E-state index contributed by atoms with van der Waals surface area (Å²) in [5.41, 5.74) is 0. The molecule has 0 aromatic carbocycles. The third-order valence-corrected chi connectivity index (χ3v) is 16.3. The second kappa shape index (κ2) is 61.7. The summed E-state index contributed by atoms with van der Waals surface area (Å²) in [6, 6.07) is -0.830. The topological polar surface area (TPSA) is 175 Å². The van der Waals surface area contributed by atoms with Gasteiger partial charge in [0.25, 0.3) is 0 Å². The molecule has 1 aliphatic heterocycles. The minimum Gasteiger partial charge on any atom is -0.466 e. The summed E-state index contributed by atoms with van der Waals surface area (Å²) in [6.07, 6.45) is 73.1. The zero-order valence-electron chi connectivity index (χ0n) is 54.1.